The molecule has 0 aliphatic heterocycles. The molecule has 0 spiro atoms. The highest BCUT2D eigenvalue weighted by molar-refractivity contribution is 6.16. The Kier molecular flexibility index (Phi) is 5.74. The van der Waals surface area contributed by atoms with Crippen molar-refractivity contribution in [1.29, 1.82) is 0 Å². The minimum atomic E-state index is -0.348. The summed E-state index contributed by atoms with van der Waals surface area (Å²) < 4.78 is 0. The first-order chi connectivity index (χ1) is 8.74. The van der Waals surface area contributed by atoms with Crippen molar-refractivity contribution in [3.63, 3.8) is 0 Å². The minimum Gasteiger partial charge on any atom is -0.273 e. The maximum absolute atomic E-state index is 11.5. The summed E-state index contributed by atoms with van der Waals surface area (Å²) in [6.07, 6.45) is 5.91. The Hall–Kier alpha value is -2.57. The van der Waals surface area contributed by atoms with E-state index in [2.05, 4.69) is 26.0 Å². The SMILES string of the molecule is CCC(=O)NN=CC=NNC(=O)c1ccncc1. The summed E-state index contributed by atoms with van der Waals surface area (Å²) in [5.74, 6) is -0.542. The molecule has 1 heterocycles. The van der Waals surface area contributed by atoms with Gasteiger partial charge in [-0.3, -0.25) is 14.6 Å². The van der Waals surface area contributed by atoms with Crippen LogP contribution < -0.4 is 10.9 Å². The molecular formula is C11H13N5O2. The molecule has 2 N–H and O–H groups in total. The molecule has 7 heteroatoms. The lowest BCUT2D eigenvalue weighted by atomic mass is 10.3. The van der Waals surface area contributed by atoms with Crippen LogP contribution in [0.15, 0.2) is 34.7 Å². The number of rotatable bonds is 5. The molecule has 0 unspecified atom stereocenters. The molecule has 2 amide bonds. The highest BCUT2D eigenvalue weighted by atomic mass is 16.2. The van der Waals surface area contributed by atoms with Crippen LogP contribution in [-0.2, 0) is 4.79 Å². The van der Waals surface area contributed by atoms with Gasteiger partial charge in [-0.2, -0.15) is 10.2 Å². The molecule has 7 nitrogen and oxygen atoms in total. The van der Waals surface area contributed by atoms with E-state index in [9.17, 15) is 9.59 Å². The first kappa shape index (κ1) is 13.5. The van der Waals surface area contributed by atoms with Crippen molar-refractivity contribution in [2.24, 2.45) is 10.2 Å². The molecule has 0 aromatic carbocycles. The van der Waals surface area contributed by atoms with E-state index < -0.39 is 0 Å². The van der Waals surface area contributed by atoms with Gasteiger partial charge in [0.2, 0.25) is 5.91 Å². The molecule has 1 aromatic heterocycles. The van der Waals surface area contributed by atoms with Crippen LogP contribution in [0.2, 0.25) is 0 Å². The van der Waals surface area contributed by atoms with Crippen LogP contribution in [0.1, 0.15) is 23.7 Å². The zero-order chi connectivity index (χ0) is 13.2. The van der Waals surface area contributed by atoms with Crippen molar-refractivity contribution >= 4 is 24.2 Å². The number of nitrogens with zero attached hydrogens (tertiary/aromatic N) is 3. The predicted molar refractivity (Wildman–Crippen MR) is 67.1 cm³/mol. The van der Waals surface area contributed by atoms with Gasteiger partial charge in [0, 0.05) is 24.4 Å². The monoisotopic (exact) mass is 247 g/mol. The van der Waals surface area contributed by atoms with E-state index in [4.69, 9.17) is 0 Å². The number of amides is 2. The topological polar surface area (TPSA) is 95.8 Å². The van der Waals surface area contributed by atoms with Crippen LogP contribution in [-0.4, -0.2) is 29.2 Å². The van der Waals surface area contributed by atoms with E-state index in [-0.39, 0.29) is 11.8 Å². The van der Waals surface area contributed by atoms with Crippen molar-refractivity contribution < 1.29 is 9.59 Å². The van der Waals surface area contributed by atoms with Crippen LogP contribution in [0.5, 0.6) is 0 Å². The fourth-order valence-electron chi connectivity index (χ4n) is 0.919. The lowest BCUT2D eigenvalue weighted by Gasteiger charge is -1.97. The number of carbonyl (C=O) groups excluding carboxylic acids is 2. The number of aromatic nitrogens is 1. The largest absolute Gasteiger partial charge is 0.273 e. The molecule has 0 saturated carbocycles. The second-order valence-electron chi connectivity index (χ2n) is 3.12. The molecule has 0 radical (unpaired) electrons. The van der Waals surface area contributed by atoms with Gasteiger partial charge in [0.15, 0.2) is 0 Å². The summed E-state index contributed by atoms with van der Waals surface area (Å²) in [5.41, 5.74) is 5.03. The Balaban J connectivity index is 2.33. The lowest BCUT2D eigenvalue weighted by molar-refractivity contribution is -0.120. The molecule has 94 valence electrons. The highest BCUT2D eigenvalue weighted by Crippen LogP contribution is 1.94. The van der Waals surface area contributed by atoms with E-state index >= 15 is 0 Å². The maximum atomic E-state index is 11.5. The van der Waals surface area contributed by atoms with E-state index in [1.54, 1.807) is 19.1 Å². The first-order valence-corrected chi connectivity index (χ1v) is 5.28. The molecule has 0 saturated heterocycles. The quantitative estimate of drug-likeness (QED) is 0.579. The van der Waals surface area contributed by atoms with Gasteiger partial charge in [-0.1, -0.05) is 6.92 Å². The summed E-state index contributed by atoms with van der Waals surface area (Å²) >= 11 is 0. The number of carbonyl (C=O) groups is 2. The Morgan fingerprint density at radius 1 is 1.22 bits per heavy atom. The average Bonchev–Trinajstić information content (AvgIpc) is 2.43. The van der Waals surface area contributed by atoms with Crippen molar-refractivity contribution in [2.75, 3.05) is 0 Å². The third-order valence-corrected chi connectivity index (χ3v) is 1.83. The number of hydrogen-bond acceptors (Lipinski definition) is 5. The van der Waals surface area contributed by atoms with Crippen LogP contribution in [0.4, 0.5) is 0 Å². The third kappa shape index (κ3) is 4.97. The summed E-state index contributed by atoms with van der Waals surface area (Å²) in [7, 11) is 0. The fourth-order valence-corrected chi connectivity index (χ4v) is 0.919. The number of hydrazone groups is 2. The van der Waals surface area contributed by atoms with Gasteiger partial charge >= 0.3 is 0 Å². The highest BCUT2D eigenvalue weighted by Gasteiger charge is 2.01. The van der Waals surface area contributed by atoms with Gasteiger partial charge in [-0.25, -0.2) is 10.9 Å². The number of pyridine rings is 1. The summed E-state index contributed by atoms with van der Waals surface area (Å²) in [4.78, 5) is 26.1. The van der Waals surface area contributed by atoms with Gasteiger partial charge < -0.3 is 0 Å². The Bertz CT molecular complexity index is 456. The van der Waals surface area contributed by atoms with Crippen molar-refractivity contribution in [2.45, 2.75) is 13.3 Å². The summed E-state index contributed by atoms with van der Waals surface area (Å²) in [6.45, 7) is 1.72. The second kappa shape index (κ2) is 7.66. The van der Waals surface area contributed by atoms with Crippen LogP contribution >= 0.6 is 0 Å². The predicted octanol–water partition coefficient (Wildman–Crippen LogP) is 0.309. The summed E-state index contributed by atoms with van der Waals surface area (Å²) in [6, 6.07) is 3.14. The van der Waals surface area contributed by atoms with Gasteiger partial charge in [-0.15, -0.1) is 0 Å². The molecule has 0 aliphatic rings. The van der Waals surface area contributed by atoms with Crippen molar-refractivity contribution in [1.82, 2.24) is 15.8 Å². The molecule has 0 aliphatic carbocycles. The average molecular weight is 247 g/mol. The van der Waals surface area contributed by atoms with E-state index in [1.807, 2.05) is 0 Å². The lowest BCUT2D eigenvalue weighted by Crippen LogP contribution is -2.18. The number of hydrogen-bond donors (Lipinski definition) is 2. The van der Waals surface area contributed by atoms with Gasteiger partial charge in [0.25, 0.3) is 5.91 Å². The van der Waals surface area contributed by atoms with Crippen LogP contribution in [0.25, 0.3) is 0 Å². The van der Waals surface area contributed by atoms with Crippen LogP contribution in [0, 0.1) is 0 Å². The maximum Gasteiger partial charge on any atom is 0.271 e. The number of nitrogens with one attached hydrogen (secondary N) is 2. The fraction of sp³-hybridized carbons (Fsp3) is 0.182. The van der Waals surface area contributed by atoms with Crippen molar-refractivity contribution in [3.05, 3.63) is 30.1 Å². The molecule has 1 aromatic rings. The van der Waals surface area contributed by atoms with E-state index in [0.29, 0.717) is 12.0 Å². The van der Waals surface area contributed by atoms with E-state index in [0.717, 1.165) is 0 Å². The standard InChI is InChI=1S/C11H13N5O2/c1-2-10(17)15-13-7-8-14-16-11(18)9-3-5-12-6-4-9/h3-8H,2H2,1H3,(H,15,17)(H,16,18). The zero-order valence-electron chi connectivity index (χ0n) is 9.83. The molecular weight excluding hydrogens is 234 g/mol. The normalized spacial score (nSPS) is 10.7. The van der Waals surface area contributed by atoms with E-state index in [1.165, 1.54) is 24.8 Å². The third-order valence-electron chi connectivity index (χ3n) is 1.83. The smallest absolute Gasteiger partial charge is 0.271 e. The zero-order valence-corrected chi connectivity index (χ0v) is 9.83. The molecule has 1 rings (SSSR count). The summed E-state index contributed by atoms with van der Waals surface area (Å²) in [5, 5.41) is 7.20. The van der Waals surface area contributed by atoms with Gasteiger partial charge in [-0.05, 0) is 12.1 Å². The van der Waals surface area contributed by atoms with Gasteiger partial charge in [0.1, 0.15) is 0 Å². The molecule has 0 atom stereocenters. The van der Waals surface area contributed by atoms with Crippen LogP contribution in [0.3, 0.4) is 0 Å². The second-order valence-corrected chi connectivity index (χ2v) is 3.12. The Morgan fingerprint density at radius 2 is 1.83 bits per heavy atom. The molecule has 0 fully saturated rings. The Morgan fingerprint density at radius 3 is 2.44 bits per heavy atom. The van der Waals surface area contributed by atoms with Crippen molar-refractivity contribution in [3.8, 4) is 0 Å². The molecule has 18 heavy (non-hydrogen) atoms. The van der Waals surface area contributed by atoms with Gasteiger partial charge in [0.05, 0.1) is 12.4 Å². The first-order valence-electron chi connectivity index (χ1n) is 5.28. The molecule has 0 bridgehead atoms. The minimum absolute atomic E-state index is 0.194. The Labute approximate surface area is 104 Å².